The molecule has 1 aromatic heterocycles. The van der Waals surface area contributed by atoms with Crippen molar-refractivity contribution in [2.75, 3.05) is 5.32 Å². The zero-order chi connectivity index (χ0) is 11.5. The molecule has 0 aliphatic heterocycles. The number of nitrogens with one attached hydrogen (secondary N) is 1. The largest absolute Gasteiger partial charge is 0.376 e. The van der Waals surface area contributed by atoms with Crippen LogP contribution in [0.25, 0.3) is 0 Å². The fourth-order valence-electron chi connectivity index (χ4n) is 1.23. The molecule has 5 nitrogen and oxygen atoms in total. The molecular weight excluding hydrogens is 338 g/mol. The quantitative estimate of drug-likeness (QED) is 0.926. The summed E-state index contributed by atoms with van der Waals surface area (Å²) in [6.45, 7) is 0.537. The summed E-state index contributed by atoms with van der Waals surface area (Å²) in [5, 5.41) is 15.0. The van der Waals surface area contributed by atoms with Gasteiger partial charge in [-0.2, -0.15) is 4.80 Å². The first kappa shape index (κ1) is 11.5. The molecule has 1 heterocycles. The first-order valence-electron chi connectivity index (χ1n) is 4.57. The van der Waals surface area contributed by atoms with E-state index >= 15 is 0 Å². The molecular formula is C9H9Br2N5. The highest BCUT2D eigenvalue weighted by Gasteiger charge is 2.05. The van der Waals surface area contributed by atoms with Gasteiger partial charge in [0.05, 0.1) is 19.3 Å². The van der Waals surface area contributed by atoms with Crippen molar-refractivity contribution < 1.29 is 0 Å². The Labute approximate surface area is 109 Å². The van der Waals surface area contributed by atoms with Crippen LogP contribution in [-0.4, -0.2) is 20.2 Å². The fraction of sp³-hybridized carbons (Fsp3) is 0.222. The lowest BCUT2D eigenvalue weighted by Crippen LogP contribution is -2.03. The Morgan fingerprint density at radius 2 is 2.00 bits per heavy atom. The number of halogens is 2. The number of para-hydroxylation sites is 1. The topological polar surface area (TPSA) is 55.6 Å². The smallest absolute Gasteiger partial charge is 0.193 e. The van der Waals surface area contributed by atoms with Crippen molar-refractivity contribution >= 4 is 37.5 Å². The summed E-state index contributed by atoms with van der Waals surface area (Å²) in [7, 11) is 1.74. The van der Waals surface area contributed by atoms with Crippen LogP contribution >= 0.6 is 31.9 Å². The minimum Gasteiger partial charge on any atom is -0.376 e. The number of hydrogen-bond acceptors (Lipinski definition) is 4. The van der Waals surface area contributed by atoms with E-state index in [1.807, 2.05) is 18.2 Å². The zero-order valence-electron chi connectivity index (χ0n) is 8.48. The highest BCUT2D eigenvalue weighted by Crippen LogP contribution is 2.30. The lowest BCUT2D eigenvalue weighted by atomic mass is 10.3. The van der Waals surface area contributed by atoms with Crippen LogP contribution < -0.4 is 5.32 Å². The van der Waals surface area contributed by atoms with Crippen LogP contribution in [0.15, 0.2) is 27.1 Å². The van der Waals surface area contributed by atoms with Crippen molar-refractivity contribution in [1.82, 2.24) is 20.2 Å². The molecule has 84 valence electrons. The van der Waals surface area contributed by atoms with Gasteiger partial charge in [0, 0.05) is 8.95 Å². The maximum atomic E-state index is 4.09. The summed E-state index contributed by atoms with van der Waals surface area (Å²) in [4.78, 5) is 1.44. The van der Waals surface area contributed by atoms with Crippen LogP contribution in [-0.2, 0) is 13.6 Å². The maximum absolute atomic E-state index is 4.09. The highest BCUT2D eigenvalue weighted by molar-refractivity contribution is 9.11. The third-order valence-corrected chi connectivity index (χ3v) is 3.26. The lowest BCUT2D eigenvalue weighted by molar-refractivity contribution is 0.628. The Kier molecular flexibility index (Phi) is 3.55. The Morgan fingerprint density at radius 1 is 1.31 bits per heavy atom. The second kappa shape index (κ2) is 4.92. The SMILES string of the molecule is Cn1nnc(CNc2c(Br)cccc2Br)n1. The maximum Gasteiger partial charge on any atom is 0.193 e. The molecule has 0 spiro atoms. The van der Waals surface area contributed by atoms with E-state index in [2.05, 4.69) is 52.6 Å². The molecule has 0 saturated carbocycles. The molecule has 0 aliphatic carbocycles. The van der Waals surface area contributed by atoms with Gasteiger partial charge >= 0.3 is 0 Å². The first-order valence-corrected chi connectivity index (χ1v) is 6.16. The van der Waals surface area contributed by atoms with Gasteiger partial charge in [-0.25, -0.2) is 0 Å². The molecule has 16 heavy (non-hydrogen) atoms. The van der Waals surface area contributed by atoms with Crippen LogP contribution in [0.1, 0.15) is 5.82 Å². The molecule has 0 bridgehead atoms. The second-order valence-electron chi connectivity index (χ2n) is 3.15. The van der Waals surface area contributed by atoms with E-state index < -0.39 is 0 Å². The van der Waals surface area contributed by atoms with E-state index in [0.717, 1.165) is 14.6 Å². The Balaban J connectivity index is 2.10. The minimum atomic E-state index is 0.537. The molecule has 0 atom stereocenters. The molecule has 2 rings (SSSR count). The van der Waals surface area contributed by atoms with Crippen LogP contribution in [0.2, 0.25) is 0 Å². The number of aryl methyl sites for hydroxylation is 1. The van der Waals surface area contributed by atoms with E-state index in [-0.39, 0.29) is 0 Å². The second-order valence-corrected chi connectivity index (χ2v) is 4.85. The summed E-state index contributed by atoms with van der Waals surface area (Å²) in [6, 6.07) is 5.90. The van der Waals surface area contributed by atoms with Gasteiger partial charge in [0.15, 0.2) is 5.82 Å². The number of anilines is 1. The number of rotatable bonds is 3. The van der Waals surface area contributed by atoms with E-state index in [9.17, 15) is 0 Å². The fourth-order valence-corrected chi connectivity index (χ4v) is 2.51. The highest BCUT2D eigenvalue weighted by atomic mass is 79.9. The summed E-state index contributed by atoms with van der Waals surface area (Å²) in [5.74, 6) is 0.658. The van der Waals surface area contributed by atoms with Crippen molar-refractivity contribution in [2.45, 2.75) is 6.54 Å². The first-order chi connectivity index (χ1) is 7.66. The zero-order valence-corrected chi connectivity index (χ0v) is 11.7. The molecule has 1 aromatic carbocycles. The van der Waals surface area contributed by atoms with Gasteiger partial charge in [-0.3, -0.25) is 0 Å². The number of tetrazole rings is 1. The van der Waals surface area contributed by atoms with Gasteiger partial charge in [-0.15, -0.1) is 10.2 Å². The standard InChI is InChI=1S/C9H9Br2N5/c1-16-14-8(13-15-16)5-12-9-6(10)3-2-4-7(9)11/h2-4,12H,5H2,1H3. The van der Waals surface area contributed by atoms with Crippen LogP contribution in [0.5, 0.6) is 0 Å². The average molecular weight is 347 g/mol. The Hall–Kier alpha value is -0.950. The summed E-state index contributed by atoms with van der Waals surface area (Å²) < 4.78 is 1.98. The third kappa shape index (κ3) is 2.59. The van der Waals surface area contributed by atoms with E-state index in [4.69, 9.17) is 0 Å². The van der Waals surface area contributed by atoms with Gasteiger partial charge < -0.3 is 5.32 Å². The molecule has 0 radical (unpaired) electrons. The lowest BCUT2D eigenvalue weighted by Gasteiger charge is -2.08. The molecule has 0 saturated heterocycles. The van der Waals surface area contributed by atoms with Crippen molar-refractivity contribution in [1.29, 1.82) is 0 Å². The minimum absolute atomic E-state index is 0.537. The van der Waals surface area contributed by atoms with Crippen LogP contribution in [0, 0.1) is 0 Å². The van der Waals surface area contributed by atoms with Gasteiger partial charge in [-0.1, -0.05) is 6.07 Å². The summed E-state index contributed by atoms with van der Waals surface area (Å²) in [6.07, 6.45) is 0. The Morgan fingerprint density at radius 3 is 2.56 bits per heavy atom. The van der Waals surface area contributed by atoms with Crippen molar-refractivity contribution in [3.63, 3.8) is 0 Å². The predicted molar refractivity (Wildman–Crippen MR) is 68.0 cm³/mol. The van der Waals surface area contributed by atoms with E-state index in [0.29, 0.717) is 12.4 Å². The van der Waals surface area contributed by atoms with Crippen molar-refractivity contribution in [2.24, 2.45) is 7.05 Å². The van der Waals surface area contributed by atoms with E-state index in [1.54, 1.807) is 7.05 Å². The Bertz CT molecular complexity index is 476. The normalized spacial score (nSPS) is 10.4. The molecule has 1 N–H and O–H groups in total. The van der Waals surface area contributed by atoms with Gasteiger partial charge in [-0.05, 0) is 49.2 Å². The van der Waals surface area contributed by atoms with Gasteiger partial charge in [0.25, 0.3) is 0 Å². The number of hydrogen-bond donors (Lipinski definition) is 1. The van der Waals surface area contributed by atoms with Gasteiger partial charge in [0.2, 0.25) is 0 Å². The number of benzene rings is 1. The molecule has 0 unspecified atom stereocenters. The van der Waals surface area contributed by atoms with Crippen molar-refractivity contribution in [3.05, 3.63) is 33.0 Å². The molecule has 7 heteroatoms. The van der Waals surface area contributed by atoms with Crippen molar-refractivity contribution in [3.8, 4) is 0 Å². The number of nitrogens with zero attached hydrogens (tertiary/aromatic N) is 4. The third-order valence-electron chi connectivity index (χ3n) is 1.94. The summed E-state index contributed by atoms with van der Waals surface area (Å²) >= 11 is 6.94. The molecule has 0 fully saturated rings. The van der Waals surface area contributed by atoms with E-state index in [1.165, 1.54) is 4.80 Å². The van der Waals surface area contributed by atoms with Crippen LogP contribution in [0.4, 0.5) is 5.69 Å². The monoisotopic (exact) mass is 345 g/mol. The number of aromatic nitrogens is 4. The molecule has 0 aliphatic rings. The summed E-state index contributed by atoms with van der Waals surface area (Å²) in [5.41, 5.74) is 0.981. The molecule has 0 amide bonds. The van der Waals surface area contributed by atoms with Crippen LogP contribution in [0.3, 0.4) is 0 Å². The molecule has 2 aromatic rings. The predicted octanol–water partition coefficient (Wildman–Crippen LogP) is 2.35. The van der Waals surface area contributed by atoms with Gasteiger partial charge in [0.1, 0.15) is 0 Å². The average Bonchev–Trinajstić information content (AvgIpc) is 2.63.